The zero-order valence-corrected chi connectivity index (χ0v) is 16.0. The van der Waals surface area contributed by atoms with Gasteiger partial charge >= 0.3 is 6.36 Å². The van der Waals surface area contributed by atoms with Crippen LogP contribution in [0.3, 0.4) is 0 Å². The van der Waals surface area contributed by atoms with E-state index in [9.17, 15) is 18.0 Å². The summed E-state index contributed by atoms with van der Waals surface area (Å²) in [6, 6.07) is 12.5. The van der Waals surface area contributed by atoms with Crippen molar-refractivity contribution in [1.29, 1.82) is 0 Å². The lowest BCUT2D eigenvalue weighted by atomic mass is 10.1. The van der Waals surface area contributed by atoms with Gasteiger partial charge in [-0.1, -0.05) is 0 Å². The first-order valence-corrected chi connectivity index (χ1v) is 9.48. The number of alkyl halides is 3. The Hall–Kier alpha value is -2.90. The number of hydrogen-bond acceptors (Lipinski definition) is 4. The lowest BCUT2D eigenvalue weighted by Crippen LogP contribution is -2.30. The summed E-state index contributed by atoms with van der Waals surface area (Å²) in [6.45, 7) is 3.66. The van der Waals surface area contributed by atoms with Gasteiger partial charge in [-0.3, -0.25) is 4.79 Å². The molecule has 2 aromatic carbocycles. The van der Waals surface area contributed by atoms with Crippen molar-refractivity contribution in [2.75, 3.05) is 23.3 Å². The molecule has 8 heteroatoms. The fourth-order valence-corrected chi connectivity index (χ4v) is 3.13. The van der Waals surface area contributed by atoms with Crippen molar-refractivity contribution in [2.24, 2.45) is 0 Å². The molecule has 0 aromatic heterocycles. The molecule has 3 rings (SSSR count). The van der Waals surface area contributed by atoms with E-state index < -0.39 is 12.5 Å². The van der Waals surface area contributed by atoms with Gasteiger partial charge in [0.15, 0.2) is 6.10 Å². The second-order valence-electron chi connectivity index (χ2n) is 6.86. The Morgan fingerprint density at radius 1 is 0.966 bits per heavy atom. The summed E-state index contributed by atoms with van der Waals surface area (Å²) in [5.41, 5.74) is 1.79. The van der Waals surface area contributed by atoms with Gasteiger partial charge in [-0.2, -0.15) is 0 Å². The molecule has 1 unspecified atom stereocenters. The Morgan fingerprint density at radius 3 is 2.14 bits per heavy atom. The number of benzene rings is 2. The van der Waals surface area contributed by atoms with Crippen LogP contribution in [-0.4, -0.2) is 31.5 Å². The van der Waals surface area contributed by atoms with E-state index in [0.29, 0.717) is 5.69 Å². The molecule has 29 heavy (non-hydrogen) atoms. The van der Waals surface area contributed by atoms with E-state index in [2.05, 4.69) is 15.0 Å². The molecule has 0 radical (unpaired) electrons. The van der Waals surface area contributed by atoms with Crippen molar-refractivity contribution in [3.8, 4) is 11.5 Å². The lowest BCUT2D eigenvalue weighted by molar-refractivity contribution is -0.274. The molecule has 1 aliphatic heterocycles. The van der Waals surface area contributed by atoms with Gasteiger partial charge in [0, 0.05) is 24.5 Å². The normalized spacial score (nSPS) is 15.5. The van der Waals surface area contributed by atoms with E-state index in [1.54, 1.807) is 6.92 Å². The van der Waals surface area contributed by atoms with Crippen LogP contribution in [0.15, 0.2) is 48.5 Å². The smallest absolute Gasteiger partial charge is 0.481 e. The number of carbonyl (C=O) groups is 1. The van der Waals surface area contributed by atoms with Crippen LogP contribution in [0.1, 0.15) is 26.2 Å². The molecule has 0 bridgehead atoms. The quantitative estimate of drug-likeness (QED) is 0.732. The summed E-state index contributed by atoms with van der Waals surface area (Å²) in [6.07, 6.45) is -1.93. The molecule has 0 spiro atoms. The summed E-state index contributed by atoms with van der Waals surface area (Å²) in [7, 11) is 0. The van der Waals surface area contributed by atoms with Gasteiger partial charge in [-0.15, -0.1) is 13.2 Å². The van der Waals surface area contributed by atoms with Gasteiger partial charge in [-0.05, 0) is 74.7 Å². The van der Waals surface area contributed by atoms with Crippen LogP contribution in [0, 0.1) is 0 Å². The van der Waals surface area contributed by atoms with Crippen molar-refractivity contribution >= 4 is 17.3 Å². The molecule has 1 amide bonds. The highest BCUT2D eigenvalue weighted by molar-refractivity contribution is 5.94. The minimum atomic E-state index is -4.75. The monoisotopic (exact) mass is 408 g/mol. The standard InChI is InChI=1S/C21H23F3N2O3/c1-15(28-18-9-11-19(12-10-18)29-21(22,23)24)20(27)25-16-5-7-17(8-6-16)26-13-3-2-4-14-26/h5-12,15H,2-4,13-14H2,1H3,(H,25,27). The van der Waals surface area contributed by atoms with Gasteiger partial charge in [0.25, 0.3) is 5.91 Å². The lowest BCUT2D eigenvalue weighted by Gasteiger charge is -2.28. The fourth-order valence-electron chi connectivity index (χ4n) is 3.13. The topological polar surface area (TPSA) is 50.8 Å². The second-order valence-corrected chi connectivity index (χ2v) is 6.86. The van der Waals surface area contributed by atoms with E-state index in [1.165, 1.54) is 31.4 Å². The molecular weight excluding hydrogens is 385 g/mol. The maximum atomic E-state index is 12.3. The summed E-state index contributed by atoms with van der Waals surface area (Å²) < 4.78 is 45.9. The van der Waals surface area contributed by atoms with Crippen molar-refractivity contribution in [3.05, 3.63) is 48.5 Å². The minimum Gasteiger partial charge on any atom is -0.481 e. The molecule has 1 heterocycles. The van der Waals surface area contributed by atoms with Crippen molar-refractivity contribution in [3.63, 3.8) is 0 Å². The van der Waals surface area contributed by atoms with E-state index >= 15 is 0 Å². The summed E-state index contributed by atoms with van der Waals surface area (Å²) in [5, 5.41) is 2.78. The van der Waals surface area contributed by atoms with Crippen LogP contribution in [0.4, 0.5) is 24.5 Å². The van der Waals surface area contributed by atoms with Gasteiger partial charge in [-0.25, -0.2) is 0 Å². The number of halogens is 3. The Kier molecular flexibility index (Phi) is 6.51. The predicted molar refractivity (Wildman–Crippen MR) is 104 cm³/mol. The van der Waals surface area contributed by atoms with E-state index in [-0.39, 0.29) is 17.4 Å². The third-order valence-electron chi connectivity index (χ3n) is 4.60. The van der Waals surface area contributed by atoms with Gasteiger partial charge in [0.1, 0.15) is 11.5 Å². The second kappa shape index (κ2) is 9.07. The molecule has 1 atom stereocenters. The predicted octanol–water partition coefficient (Wildman–Crippen LogP) is 4.98. The van der Waals surface area contributed by atoms with Gasteiger partial charge < -0.3 is 19.7 Å². The minimum absolute atomic E-state index is 0.266. The van der Waals surface area contributed by atoms with Gasteiger partial charge in [0.05, 0.1) is 0 Å². The van der Waals surface area contributed by atoms with Gasteiger partial charge in [0.2, 0.25) is 0 Å². The highest BCUT2D eigenvalue weighted by Gasteiger charge is 2.31. The molecule has 0 saturated carbocycles. The third-order valence-corrected chi connectivity index (χ3v) is 4.60. The number of carbonyl (C=O) groups excluding carboxylic acids is 1. The molecule has 0 aliphatic carbocycles. The van der Waals surface area contributed by atoms with Crippen molar-refractivity contribution < 1.29 is 27.4 Å². The molecule has 2 aromatic rings. The molecule has 1 fully saturated rings. The molecule has 1 aliphatic rings. The SMILES string of the molecule is CC(Oc1ccc(OC(F)(F)F)cc1)C(=O)Nc1ccc(N2CCCCC2)cc1. The number of rotatable bonds is 6. The number of anilines is 2. The largest absolute Gasteiger partial charge is 0.573 e. The van der Waals surface area contributed by atoms with Crippen LogP contribution in [0.5, 0.6) is 11.5 Å². The fraction of sp³-hybridized carbons (Fsp3) is 0.381. The van der Waals surface area contributed by atoms with Crippen molar-refractivity contribution in [1.82, 2.24) is 0 Å². The number of nitrogens with zero attached hydrogens (tertiary/aromatic N) is 1. The third kappa shape index (κ3) is 6.30. The highest BCUT2D eigenvalue weighted by atomic mass is 19.4. The van der Waals surface area contributed by atoms with Crippen molar-refractivity contribution in [2.45, 2.75) is 38.7 Å². The summed E-state index contributed by atoms with van der Waals surface area (Å²) in [5.74, 6) is -0.440. The van der Waals surface area contributed by atoms with E-state index in [4.69, 9.17) is 4.74 Å². The molecule has 5 nitrogen and oxygen atoms in total. The Morgan fingerprint density at radius 2 is 1.55 bits per heavy atom. The first-order valence-electron chi connectivity index (χ1n) is 9.48. The first-order chi connectivity index (χ1) is 13.8. The summed E-state index contributed by atoms with van der Waals surface area (Å²) in [4.78, 5) is 14.7. The van der Waals surface area contributed by atoms with E-state index in [1.807, 2.05) is 24.3 Å². The Balaban J connectivity index is 1.52. The number of hydrogen-bond donors (Lipinski definition) is 1. The zero-order valence-electron chi connectivity index (χ0n) is 16.0. The summed E-state index contributed by atoms with van der Waals surface area (Å²) >= 11 is 0. The first kappa shape index (κ1) is 20.8. The molecule has 156 valence electrons. The van der Waals surface area contributed by atoms with Crippen LogP contribution in [0.25, 0.3) is 0 Å². The molecule has 1 N–H and O–H groups in total. The Labute approximate surface area is 167 Å². The molecule has 1 saturated heterocycles. The average Bonchev–Trinajstić information content (AvgIpc) is 2.69. The maximum absolute atomic E-state index is 12.3. The van der Waals surface area contributed by atoms with E-state index in [0.717, 1.165) is 30.9 Å². The number of amides is 1. The van der Waals surface area contributed by atoms with Crippen LogP contribution in [0.2, 0.25) is 0 Å². The number of piperidine rings is 1. The number of nitrogens with one attached hydrogen (secondary N) is 1. The average molecular weight is 408 g/mol. The van der Waals surface area contributed by atoms with Crippen LogP contribution >= 0.6 is 0 Å². The van der Waals surface area contributed by atoms with Crippen LogP contribution in [-0.2, 0) is 4.79 Å². The maximum Gasteiger partial charge on any atom is 0.573 e. The Bertz CT molecular complexity index is 801. The zero-order chi connectivity index (χ0) is 20.9. The highest BCUT2D eigenvalue weighted by Crippen LogP contribution is 2.25. The molecular formula is C21H23F3N2O3. The van der Waals surface area contributed by atoms with Crippen LogP contribution < -0.4 is 19.7 Å². The number of ether oxygens (including phenoxy) is 2.